The third-order valence-electron chi connectivity index (χ3n) is 3.43. The Morgan fingerprint density at radius 1 is 1.38 bits per heavy atom. The number of hydrogen-bond acceptors (Lipinski definition) is 4. The van der Waals surface area contributed by atoms with Gasteiger partial charge in [-0.2, -0.15) is 0 Å². The van der Waals surface area contributed by atoms with Crippen LogP contribution in [0.1, 0.15) is 16.8 Å². The number of aliphatic hydroxyl groups is 1. The lowest BCUT2D eigenvalue weighted by molar-refractivity contribution is -0.122. The predicted octanol–water partition coefficient (Wildman–Crippen LogP) is 1.26. The van der Waals surface area contributed by atoms with Gasteiger partial charge < -0.3 is 15.7 Å². The number of rotatable bonds is 5. The highest BCUT2D eigenvalue weighted by atomic mass is 35.5. The maximum atomic E-state index is 12.4. The minimum atomic E-state index is -0.420. The lowest BCUT2D eigenvalue weighted by Gasteiger charge is -2.11. The normalized spacial score (nSPS) is 21.3. The van der Waals surface area contributed by atoms with Crippen LogP contribution in [0.4, 0.5) is 0 Å². The second-order valence-electron chi connectivity index (χ2n) is 4.90. The zero-order chi connectivity index (χ0) is 15.4. The second-order valence-corrected chi connectivity index (χ2v) is 5.74. The molecule has 1 fully saturated rings. The smallest absolute Gasteiger partial charge is 0.237 e. The van der Waals surface area contributed by atoms with Crippen molar-refractivity contribution >= 4 is 34.9 Å². The van der Waals surface area contributed by atoms with Gasteiger partial charge >= 0.3 is 0 Å². The van der Waals surface area contributed by atoms with E-state index in [0.29, 0.717) is 28.6 Å². The number of nitrogens with one attached hydrogen (secondary N) is 2. The first-order valence-electron chi connectivity index (χ1n) is 6.64. The van der Waals surface area contributed by atoms with Gasteiger partial charge in [0.2, 0.25) is 5.91 Å². The molecule has 1 aliphatic heterocycles. The van der Waals surface area contributed by atoms with Crippen molar-refractivity contribution in [3.8, 4) is 0 Å². The highest BCUT2D eigenvalue weighted by molar-refractivity contribution is 6.36. The Morgan fingerprint density at radius 3 is 2.81 bits per heavy atom. The summed E-state index contributed by atoms with van der Waals surface area (Å²) >= 11 is 11.9. The molecule has 2 atom stereocenters. The molecule has 1 amide bonds. The van der Waals surface area contributed by atoms with Gasteiger partial charge in [-0.15, -0.1) is 0 Å². The Bertz CT molecular complexity index is 551. The van der Waals surface area contributed by atoms with Crippen molar-refractivity contribution in [3.05, 3.63) is 33.8 Å². The van der Waals surface area contributed by atoms with Crippen molar-refractivity contribution in [2.75, 3.05) is 19.7 Å². The van der Waals surface area contributed by atoms with Crippen LogP contribution in [0.2, 0.25) is 10.0 Å². The number of amides is 1. The molecule has 1 heterocycles. The average molecular weight is 331 g/mol. The van der Waals surface area contributed by atoms with Gasteiger partial charge in [-0.25, -0.2) is 0 Å². The zero-order valence-electron chi connectivity index (χ0n) is 11.2. The van der Waals surface area contributed by atoms with Gasteiger partial charge in [-0.05, 0) is 24.6 Å². The Balaban J connectivity index is 2.00. The fraction of sp³-hybridized carbons (Fsp3) is 0.429. The molecule has 0 aliphatic carbocycles. The lowest BCUT2D eigenvalue weighted by Crippen LogP contribution is -2.41. The molecule has 5 nitrogen and oxygen atoms in total. The molecule has 3 N–H and O–H groups in total. The number of carbonyl (C=O) groups is 2. The van der Waals surface area contributed by atoms with Crippen molar-refractivity contribution in [1.29, 1.82) is 0 Å². The number of hydrogen-bond donors (Lipinski definition) is 3. The fourth-order valence-corrected chi connectivity index (χ4v) is 2.85. The van der Waals surface area contributed by atoms with Gasteiger partial charge in [-0.3, -0.25) is 9.59 Å². The van der Waals surface area contributed by atoms with E-state index in [2.05, 4.69) is 10.6 Å². The largest absolute Gasteiger partial charge is 0.395 e. The molecule has 1 aliphatic rings. The van der Waals surface area contributed by atoms with Crippen LogP contribution in [0.5, 0.6) is 0 Å². The van der Waals surface area contributed by atoms with Crippen LogP contribution in [0.3, 0.4) is 0 Å². The van der Waals surface area contributed by atoms with E-state index in [9.17, 15) is 9.59 Å². The first-order valence-corrected chi connectivity index (χ1v) is 7.39. The van der Waals surface area contributed by atoms with Crippen LogP contribution in [0.15, 0.2) is 18.2 Å². The Hall–Kier alpha value is -1.14. The topological polar surface area (TPSA) is 78.4 Å². The molecule has 0 saturated carbocycles. The third kappa shape index (κ3) is 3.95. The van der Waals surface area contributed by atoms with Crippen LogP contribution < -0.4 is 10.6 Å². The minimum Gasteiger partial charge on any atom is -0.395 e. The first kappa shape index (κ1) is 16.2. The van der Waals surface area contributed by atoms with E-state index in [-0.39, 0.29) is 30.8 Å². The van der Waals surface area contributed by atoms with E-state index in [1.807, 2.05) is 0 Å². The minimum absolute atomic E-state index is 0.0957. The van der Waals surface area contributed by atoms with Gasteiger partial charge in [0.1, 0.15) is 0 Å². The van der Waals surface area contributed by atoms with E-state index >= 15 is 0 Å². The molecule has 114 valence electrons. The third-order valence-corrected chi connectivity index (χ3v) is 3.97. The average Bonchev–Trinajstić information content (AvgIpc) is 2.94. The highest BCUT2D eigenvalue weighted by Crippen LogP contribution is 2.26. The number of Topliss-reactive ketones (excluding diaryl/α,β-unsaturated/α-hetero) is 1. The molecule has 0 radical (unpaired) electrons. The van der Waals surface area contributed by atoms with Crippen LogP contribution >= 0.6 is 23.2 Å². The first-order chi connectivity index (χ1) is 10.0. The maximum Gasteiger partial charge on any atom is 0.237 e. The van der Waals surface area contributed by atoms with Crippen molar-refractivity contribution in [2.24, 2.45) is 5.92 Å². The van der Waals surface area contributed by atoms with Crippen LogP contribution in [0, 0.1) is 5.92 Å². The molecule has 0 bridgehead atoms. The molecule has 1 aromatic rings. The van der Waals surface area contributed by atoms with Crippen molar-refractivity contribution in [2.45, 2.75) is 12.5 Å². The molecular weight excluding hydrogens is 315 g/mol. The van der Waals surface area contributed by atoms with Crippen molar-refractivity contribution < 1.29 is 14.7 Å². The van der Waals surface area contributed by atoms with Gasteiger partial charge in [0.15, 0.2) is 5.78 Å². The Labute approximate surface area is 132 Å². The van der Waals surface area contributed by atoms with Gasteiger partial charge in [0.05, 0.1) is 17.7 Å². The summed E-state index contributed by atoms with van der Waals surface area (Å²) in [4.78, 5) is 24.2. The fourth-order valence-electron chi connectivity index (χ4n) is 2.35. The van der Waals surface area contributed by atoms with Gasteiger partial charge in [0.25, 0.3) is 0 Å². The van der Waals surface area contributed by atoms with Crippen molar-refractivity contribution in [3.63, 3.8) is 0 Å². The van der Waals surface area contributed by atoms with E-state index < -0.39 is 6.04 Å². The molecular formula is C14H16Cl2N2O3. The summed E-state index contributed by atoms with van der Waals surface area (Å²) in [6.45, 7) is 0.523. The van der Waals surface area contributed by atoms with Crippen LogP contribution in [-0.4, -0.2) is 42.5 Å². The van der Waals surface area contributed by atoms with Gasteiger partial charge in [-0.1, -0.05) is 23.2 Å². The van der Waals surface area contributed by atoms with Crippen molar-refractivity contribution in [1.82, 2.24) is 10.6 Å². The Kier molecular flexibility index (Phi) is 5.58. The molecule has 1 aromatic carbocycles. The number of aliphatic hydroxyl groups excluding tert-OH is 1. The number of benzene rings is 1. The molecule has 1 saturated heterocycles. The molecule has 21 heavy (non-hydrogen) atoms. The molecule has 2 rings (SSSR count). The van der Waals surface area contributed by atoms with Crippen LogP contribution in [0.25, 0.3) is 0 Å². The van der Waals surface area contributed by atoms with E-state index in [1.54, 1.807) is 12.1 Å². The van der Waals surface area contributed by atoms with E-state index in [1.165, 1.54) is 6.07 Å². The number of halogens is 2. The monoisotopic (exact) mass is 330 g/mol. The second kappa shape index (κ2) is 7.22. The Morgan fingerprint density at radius 2 is 2.14 bits per heavy atom. The number of ketones is 1. The standard InChI is InChI=1S/C14H16Cl2N2O3/c15-9-1-2-10(11(16)6-9)13(20)8-5-12(18-7-8)14(21)17-3-4-19/h1-2,6,8,12,18-19H,3-5,7H2,(H,17,21). The van der Waals surface area contributed by atoms with Gasteiger partial charge in [0, 0.05) is 29.6 Å². The summed E-state index contributed by atoms with van der Waals surface area (Å²) in [5, 5.41) is 15.1. The van der Waals surface area contributed by atoms with E-state index in [4.69, 9.17) is 28.3 Å². The summed E-state index contributed by atoms with van der Waals surface area (Å²) in [5.41, 5.74) is 0.421. The van der Waals surface area contributed by atoms with Crippen LogP contribution in [-0.2, 0) is 4.79 Å². The zero-order valence-corrected chi connectivity index (χ0v) is 12.7. The molecule has 0 spiro atoms. The molecule has 0 aromatic heterocycles. The highest BCUT2D eigenvalue weighted by Gasteiger charge is 2.34. The maximum absolute atomic E-state index is 12.4. The SMILES string of the molecule is O=C(c1ccc(Cl)cc1Cl)C1CNC(C(=O)NCCO)C1. The summed E-state index contributed by atoms with van der Waals surface area (Å²) in [6, 6.07) is 4.33. The quantitative estimate of drug-likeness (QED) is 0.710. The lowest BCUT2D eigenvalue weighted by atomic mass is 9.95. The summed E-state index contributed by atoms with van der Waals surface area (Å²) < 4.78 is 0. The summed E-state index contributed by atoms with van der Waals surface area (Å²) in [6.07, 6.45) is 0.412. The number of carbonyl (C=O) groups excluding carboxylic acids is 2. The summed E-state index contributed by atoms with van der Waals surface area (Å²) in [5.74, 6) is -0.600. The van der Waals surface area contributed by atoms with E-state index in [0.717, 1.165) is 0 Å². The summed E-state index contributed by atoms with van der Waals surface area (Å²) in [7, 11) is 0. The molecule has 2 unspecified atom stereocenters. The predicted molar refractivity (Wildman–Crippen MR) is 80.8 cm³/mol. The molecule has 7 heteroatoms.